The summed E-state index contributed by atoms with van der Waals surface area (Å²) in [4.78, 5) is 0. The van der Waals surface area contributed by atoms with Crippen LogP contribution in [0.5, 0.6) is 23.0 Å². The molecular formula is C22H22O4. The van der Waals surface area contributed by atoms with Crippen LogP contribution in [-0.4, -0.2) is 20.4 Å². The van der Waals surface area contributed by atoms with Gasteiger partial charge in [0.25, 0.3) is 0 Å². The van der Waals surface area contributed by atoms with Gasteiger partial charge in [-0.25, -0.2) is 0 Å². The third-order valence-corrected chi connectivity index (χ3v) is 4.22. The number of hydrogen-bond donors (Lipinski definition) is 4. The Morgan fingerprint density at radius 3 is 1.50 bits per heavy atom. The predicted molar refractivity (Wildman–Crippen MR) is 103 cm³/mol. The lowest BCUT2D eigenvalue weighted by Gasteiger charge is -2.14. The van der Waals surface area contributed by atoms with Gasteiger partial charge < -0.3 is 20.4 Å². The van der Waals surface area contributed by atoms with Gasteiger partial charge in [0.1, 0.15) is 23.0 Å². The van der Waals surface area contributed by atoms with E-state index in [4.69, 9.17) is 0 Å². The SMILES string of the molecule is CC(C)Cc1cc(-c2ccc(O)cc2O)cc(-c2ccc(O)cc2O)c1. The third-order valence-electron chi connectivity index (χ3n) is 4.22. The minimum Gasteiger partial charge on any atom is -0.508 e. The minimum atomic E-state index is -0.00687. The fourth-order valence-electron chi connectivity index (χ4n) is 3.12. The van der Waals surface area contributed by atoms with Crippen molar-refractivity contribution >= 4 is 0 Å². The van der Waals surface area contributed by atoms with Gasteiger partial charge in [-0.1, -0.05) is 26.0 Å². The Hall–Kier alpha value is -3.14. The Kier molecular flexibility index (Phi) is 4.76. The molecule has 0 atom stereocenters. The van der Waals surface area contributed by atoms with Gasteiger partial charge in [-0.2, -0.15) is 0 Å². The Balaban J connectivity index is 2.18. The average Bonchev–Trinajstić information content (AvgIpc) is 2.53. The summed E-state index contributed by atoms with van der Waals surface area (Å²) in [6, 6.07) is 14.9. The molecule has 0 radical (unpaired) electrons. The summed E-state index contributed by atoms with van der Waals surface area (Å²) >= 11 is 0. The van der Waals surface area contributed by atoms with Gasteiger partial charge in [0.15, 0.2) is 0 Å². The summed E-state index contributed by atoms with van der Waals surface area (Å²) in [6.07, 6.45) is 0.846. The maximum Gasteiger partial charge on any atom is 0.127 e. The smallest absolute Gasteiger partial charge is 0.127 e. The fourth-order valence-corrected chi connectivity index (χ4v) is 3.12. The molecule has 0 aliphatic carbocycles. The maximum atomic E-state index is 10.2. The zero-order chi connectivity index (χ0) is 18.8. The van der Waals surface area contributed by atoms with Crippen molar-refractivity contribution in [2.45, 2.75) is 20.3 Å². The Morgan fingerprint density at radius 2 is 1.12 bits per heavy atom. The second-order valence-electron chi connectivity index (χ2n) is 6.92. The van der Waals surface area contributed by atoms with Crippen molar-refractivity contribution in [3.8, 4) is 45.3 Å². The molecule has 0 saturated carbocycles. The molecule has 0 amide bonds. The van der Waals surface area contributed by atoms with Gasteiger partial charge in [0, 0.05) is 23.3 Å². The highest BCUT2D eigenvalue weighted by molar-refractivity contribution is 5.80. The quantitative estimate of drug-likeness (QED) is 0.531. The third kappa shape index (κ3) is 3.75. The zero-order valence-electron chi connectivity index (χ0n) is 14.8. The van der Waals surface area contributed by atoms with Crippen LogP contribution in [0.4, 0.5) is 0 Å². The van der Waals surface area contributed by atoms with E-state index in [1.807, 2.05) is 18.2 Å². The number of benzene rings is 3. The number of rotatable bonds is 4. The van der Waals surface area contributed by atoms with Crippen LogP contribution < -0.4 is 0 Å². The number of phenolic OH excluding ortho intramolecular Hbond substituents is 4. The van der Waals surface area contributed by atoms with E-state index in [1.165, 1.54) is 24.3 Å². The molecule has 0 fully saturated rings. The molecule has 134 valence electrons. The Morgan fingerprint density at radius 1 is 0.654 bits per heavy atom. The van der Waals surface area contributed by atoms with Crippen LogP contribution in [-0.2, 0) is 6.42 Å². The van der Waals surface area contributed by atoms with Crippen LogP contribution in [0.15, 0.2) is 54.6 Å². The van der Waals surface area contributed by atoms with Gasteiger partial charge in [-0.15, -0.1) is 0 Å². The Labute approximate surface area is 152 Å². The lowest BCUT2D eigenvalue weighted by Crippen LogP contribution is -1.96. The summed E-state index contributed by atoms with van der Waals surface area (Å²) in [7, 11) is 0. The van der Waals surface area contributed by atoms with Crippen molar-refractivity contribution in [1.82, 2.24) is 0 Å². The van der Waals surface area contributed by atoms with Crippen LogP contribution in [0, 0.1) is 5.92 Å². The largest absolute Gasteiger partial charge is 0.508 e. The van der Waals surface area contributed by atoms with Crippen LogP contribution >= 0.6 is 0 Å². The zero-order valence-corrected chi connectivity index (χ0v) is 14.8. The number of hydrogen-bond acceptors (Lipinski definition) is 4. The molecule has 3 aromatic carbocycles. The first kappa shape index (κ1) is 17.7. The highest BCUT2D eigenvalue weighted by Crippen LogP contribution is 2.38. The van der Waals surface area contributed by atoms with Crippen LogP contribution in [0.25, 0.3) is 22.3 Å². The van der Waals surface area contributed by atoms with Crippen molar-refractivity contribution in [2.75, 3.05) is 0 Å². The molecular weight excluding hydrogens is 328 g/mol. The standard InChI is InChI=1S/C22H22O4/c1-13(2)7-14-8-15(19-5-3-17(23)11-21(19)25)10-16(9-14)20-6-4-18(24)12-22(20)26/h3-6,8-13,23-26H,7H2,1-2H3. The summed E-state index contributed by atoms with van der Waals surface area (Å²) in [6.45, 7) is 4.25. The van der Waals surface area contributed by atoms with E-state index in [0.29, 0.717) is 17.0 Å². The van der Waals surface area contributed by atoms with Crippen molar-refractivity contribution in [3.63, 3.8) is 0 Å². The molecule has 26 heavy (non-hydrogen) atoms. The molecule has 3 rings (SSSR count). The van der Waals surface area contributed by atoms with Crippen molar-refractivity contribution in [2.24, 2.45) is 5.92 Å². The van der Waals surface area contributed by atoms with E-state index in [2.05, 4.69) is 13.8 Å². The normalized spacial score (nSPS) is 11.0. The number of aromatic hydroxyl groups is 4. The van der Waals surface area contributed by atoms with E-state index < -0.39 is 0 Å². The van der Waals surface area contributed by atoms with E-state index in [9.17, 15) is 20.4 Å². The van der Waals surface area contributed by atoms with E-state index >= 15 is 0 Å². The van der Waals surface area contributed by atoms with Crippen LogP contribution in [0.1, 0.15) is 19.4 Å². The highest BCUT2D eigenvalue weighted by atomic mass is 16.3. The van der Waals surface area contributed by atoms with Crippen molar-refractivity contribution < 1.29 is 20.4 Å². The second kappa shape index (κ2) is 7.00. The summed E-state index contributed by atoms with van der Waals surface area (Å²) in [5.41, 5.74) is 3.87. The van der Waals surface area contributed by atoms with Gasteiger partial charge in [-0.05, 0) is 59.4 Å². The topological polar surface area (TPSA) is 80.9 Å². The molecule has 3 aromatic rings. The number of phenols is 4. The first-order chi connectivity index (χ1) is 12.3. The first-order valence-corrected chi connectivity index (χ1v) is 8.52. The molecule has 4 N–H and O–H groups in total. The van der Waals surface area contributed by atoms with Gasteiger partial charge in [0.05, 0.1) is 0 Å². The van der Waals surface area contributed by atoms with E-state index in [0.717, 1.165) is 23.1 Å². The van der Waals surface area contributed by atoms with E-state index in [-0.39, 0.29) is 23.0 Å². The molecule has 4 heteroatoms. The molecule has 0 saturated heterocycles. The van der Waals surface area contributed by atoms with Crippen molar-refractivity contribution in [1.29, 1.82) is 0 Å². The maximum absolute atomic E-state index is 10.2. The predicted octanol–water partition coefficient (Wildman–Crippen LogP) is 5.04. The molecule has 0 heterocycles. The van der Waals surface area contributed by atoms with Crippen LogP contribution in [0.3, 0.4) is 0 Å². The lowest BCUT2D eigenvalue weighted by molar-refractivity contribution is 0.451. The highest BCUT2D eigenvalue weighted by Gasteiger charge is 2.12. The molecule has 0 aliphatic heterocycles. The molecule has 4 nitrogen and oxygen atoms in total. The van der Waals surface area contributed by atoms with Crippen LogP contribution in [0.2, 0.25) is 0 Å². The van der Waals surface area contributed by atoms with Gasteiger partial charge in [0.2, 0.25) is 0 Å². The Bertz CT molecular complexity index is 875. The van der Waals surface area contributed by atoms with E-state index in [1.54, 1.807) is 12.1 Å². The molecule has 0 aromatic heterocycles. The summed E-state index contributed by atoms with van der Waals surface area (Å²) in [5.74, 6) is 0.432. The monoisotopic (exact) mass is 350 g/mol. The fraction of sp³-hybridized carbons (Fsp3) is 0.182. The molecule has 0 aliphatic rings. The summed E-state index contributed by atoms with van der Waals surface area (Å²) < 4.78 is 0. The molecule has 0 bridgehead atoms. The average molecular weight is 350 g/mol. The molecule has 0 spiro atoms. The second-order valence-corrected chi connectivity index (χ2v) is 6.92. The summed E-state index contributed by atoms with van der Waals surface area (Å²) in [5, 5.41) is 39.5. The van der Waals surface area contributed by atoms with Crippen molar-refractivity contribution in [3.05, 3.63) is 60.2 Å². The lowest BCUT2D eigenvalue weighted by atomic mass is 9.92. The van der Waals surface area contributed by atoms with Gasteiger partial charge >= 0.3 is 0 Å². The first-order valence-electron chi connectivity index (χ1n) is 8.52. The van der Waals surface area contributed by atoms with Gasteiger partial charge in [-0.3, -0.25) is 0 Å². The molecule has 0 unspecified atom stereocenters. The minimum absolute atomic E-state index is 0.000914.